The number of carbonyl (C=O) groups is 1. The maximum Gasteiger partial charge on any atom is 0.303 e. The molecule has 0 aromatic carbocycles. The van der Waals surface area contributed by atoms with E-state index in [-0.39, 0.29) is 12.1 Å². The highest BCUT2D eigenvalue weighted by Crippen LogP contribution is 2.22. The Hall–Kier alpha value is -0.830. The van der Waals surface area contributed by atoms with Gasteiger partial charge in [-0.15, -0.1) is 0 Å². The third-order valence-electron chi connectivity index (χ3n) is 3.20. The van der Waals surface area contributed by atoms with Gasteiger partial charge in [-0.3, -0.25) is 9.69 Å². The fraction of sp³-hybridized carbons (Fsp3) is 0.750. The van der Waals surface area contributed by atoms with Crippen LogP contribution in [0.15, 0.2) is 12.2 Å². The zero-order valence-electron chi connectivity index (χ0n) is 9.32. The second kappa shape index (κ2) is 4.79. The first kappa shape index (κ1) is 10.7. The molecule has 2 unspecified atom stereocenters. The van der Waals surface area contributed by atoms with Gasteiger partial charge in [-0.05, 0) is 32.0 Å². The number of hydrogen-bond acceptors (Lipinski definition) is 3. The van der Waals surface area contributed by atoms with Gasteiger partial charge in [0.1, 0.15) is 6.10 Å². The van der Waals surface area contributed by atoms with Crippen molar-refractivity contribution in [2.45, 2.75) is 44.8 Å². The minimum atomic E-state index is -0.177. The Bertz CT molecular complexity index is 256. The van der Waals surface area contributed by atoms with Crippen molar-refractivity contribution >= 4 is 5.97 Å². The lowest BCUT2D eigenvalue weighted by molar-refractivity contribution is -0.144. The van der Waals surface area contributed by atoms with Gasteiger partial charge in [0.2, 0.25) is 0 Å². The maximum atomic E-state index is 10.8. The topological polar surface area (TPSA) is 29.5 Å². The Morgan fingerprint density at radius 2 is 2.00 bits per heavy atom. The van der Waals surface area contributed by atoms with Crippen LogP contribution in [0.25, 0.3) is 0 Å². The Labute approximate surface area is 91.1 Å². The number of carbonyl (C=O) groups excluding carboxylic acids is 1. The highest BCUT2D eigenvalue weighted by atomic mass is 16.5. The van der Waals surface area contributed by atoms with E-state index in [4.69, 9.17) is 4.74 Å². The molecule has 2 atom stereocenters. The first-order valence-electron chi connectivity index (χ1n) is 5.85. The zero-order chi connectivity index (χ0) is 10.7. The highest BCUT2D eigenvalue weighted by Gasteiger charge is 2.26. The van der Waals surface area contributed by atoms with Crippen LogP contribution in [0.3, 0.4) is 0 Å². The first-order valence-corrected chi connectivity index (χ1v) is 5.85. The van der Waals surface area contributed by atoms with Gasteiger partial charge in [0.25, 0.3) is 0 Å². The number of piperidine rings is 1. The largest absolute Gasteiger partial charge is 0.458 e. The molecule has 0 aromatic rings. The lowest BCUT2D eigenvalue weighted by Gasteiger charge is -2.31. The van der Waals surface area contributed by atoms with E-state index in [0.717, 1.165) is 6.42 Å². The number of nitrogens with zero attached hydrogens (tertiary/aromatic N) is 1. The molecule has 3 nitrogen and oxygen atoms in total. The summed E-state index contributed by atoms with van der Waals surface area (Å²) in [4.78, 5) is 13.3. The molecule has 2 aliphatic rings. The lowest BCUT2D eigenvalue weighted by atomic mass is 10.1. The van der Waals surface area contributed by atoms with E-state index in [0.29, 0.717) is 6.04 Å². The molecule has 3 heteroatoms. The van der Waals surface area contributed by atoms with Crippen molar-refractivity contribution < 1.29 is 9.53 Å². The Kier molecular flexibility index (Phi) is 3.41. The third kappa shape index (κ3) is 2.81. The average molecular weight is 209 g/mol. The van der Waals surface area contributed by atoms with Gasteiger partial charge in [-0.25, -0.2) is 0 Å². The van der Waals surface area contributed by atoms with Gasteiger partial charge in [0.05, 0.1) is 0 Å². The van der Waals surface area contributed by atoms with Gasteiger partial charge < -0.3 is 4.74 Å². The molecule has 1 aliphatic heterocycles. The van der Waals surface area contributed by atoms with Crippen LogP contribution in [0, 0.1) is 0 Å². The van der Waals surface area contributed by atoms with Crippen LogP contribution in [0.2, 0.25) is 0 Å². The summed E-state index contributed by atoms with van der Waals surface area (Å²) in [7, 11) is 0. The molecule has 0 bridgehead atoms. The summed E-state index contributed by atoms with van der Waals surface area (Å²) < 4.78 is 5.18. The molecule has 2 rings (SSSR count). The molecule has 0 amide bonds. The third-order valence-corrected chi connectivity index (χ3v) is 3.20. The van der Waals surface area contributed by atoms with Gasteiger partial charge in [0, 0.05) is 19.4 Å². The van der Waals surface area contributed by atoms with E-state index < -0.39 is 0 Å². The minimum absolute atomic E-state index is 0.00873. The van der Waals surface area contributed by atoms with E-state index in [1.165, 1.54) is 39.3 Å². The van der Waals surface area contributed by atoms with E-state index in [1.54, 1.807) is 0 Å². The summed E-state index contributed by atoms with van der Waals surface area (Å²) in [5.74, 6) is -0.177. The van der Waals surface area contributed by atoms with Crippen molar-refractivity contribution in [3.8, 4) is 0 Å². The number of hydrogen-bond donors (Lipinski definition) is 0. The first-order chi connectivity index (χ1) is 7.25. The SMILES string of the molecule is CC(=O)OC1C=CC(N2CCCCC2)C1. The quantitative estimate of drug-likeness (QED) is 0.512. The predicted molar refractivity (Wildman–Crippen MR) is 58.5 cm³/mol. The van der Waals surface area contributed by atoms with Crippen molar-refractivity contribution in [3.05, 3.63) is 12.2 Å². The van der Waals surface area contributed by atoms with Crippen LogP contribution < -0.4 is 0 Å². The van der Waals surface area contributed by atoms with E-state index in [1.807, 2.05) is 6.08 Å². The zero-order valence-corrected chi connectivity index (χ0v) is 9.32. The smallest absolute Gasteiger partial charge is 0.303 e. The molecule has 0 spiro atoms. The van der Waals surface area contributed by atoms with Crippen LogP contribution in [-0.2, 0) is 9.53 Å². The molecule has 15 heavy (non-hydrogen) atoms. The predicted octanol–water partition coefficient (Wildman–Crippen LogP) is 1.73. The Balaban J connectivity index is 1.82. The molecule has 1 fully saturated rings. The summed E-state index contributed by atoms with van der Waals surface area (Å²) >= 11 is 0. The van der Waals surface area contributed by atoms with Crippen molar-refractivity contribution in [1.82, 2.24) is 4.90 Å². The maximum absolute atomic E-state index is 10.8. The average Bonchev–Trinajstić information content (AvgIpc) is 2.67. The highest BCUT2D eigenvalue weighted by molar-refractivity contribution is 5.66. The number of likely N-dealkylation sites (tertiary alicyclic amines) is 1. The molecular formula is C12H19NO2. The van der Waals surface area contributed by atoms with Gasteiger partial charge >= 0.3 is 5.97 Å². The lowest BCUT2D eigenvalue weighted by Crippen LogP contribution is -2.38. The van der Waals surface area contributed by atoms with E-state index in [9.17, 15) is 4.79 Å². The molecular weight excluding hydrogens is 190 g/mol. The standard InChI is InChI=1S/C12H19NO2/c1-10(14)15-12-6-5-11(9-12)13-7-3-2-4-8-13/h5-6,11-12H,2-4,7-9H2,1H3. The van der Waals surface area contributed by atoms with Crippen LogP contribution in [-0.4, -0.2) is 36.1 Å². The van der Waals surface area contributed by atoms with Crippen LogP contribution in [0.4, 0.5) is 0 Å². The molecule has 1 aliphatic carbocycles. The fourth-order valence-corrected chi connectivity index (χ4v) is 2.47. The number of rotatable bonds is 2. The van der Waals surface area contributed by atoms with Crippen molar-refractivity contribution in [2.24, 2.45) is 0 Å². The summed E-state index contributed by atoms with van der Waals surface area (Å²) in [5.41, 5.74) is 0. The van der Waals surface area contributed by atoms with Gasteiger partial charge in [-0.1, -0.05) is 12.5 Å². The summed E-state index contributed by atoms with van der Waals surface area (Å²) in [6.45, 7) is 3.87. The van der Waals surface area contributed by atoms with Crippen molar-refractivity contribution in [2.75, 3.05) is 13.1 Å². The molecule has 0 radical (unpaired) electrons. The van der Waals surface area contributed by atoms with Crippen molar-refractivity contribution in [1.29, 1.82) is 0 Å². The van der Waals surface area contributed by atoms with Crippen LogP contribution in [0.1, 0.15) is 32.6 Å². The number of esters is 1. The monoisotopic (exact) mass is 209 g/mol. The summed E-state index contributed by atoms with van der Waals surface area (Å²) in [5, 5.41) is 0. The normalized spacial score (nSPS) is 31.8. The van der Waals surface area contributed by atoms with E-state index >= 15 is 0 Å². The van der Waals surface area contributed by atoms with Crippen LogP contribution >= 0.6 is 0 Å². The van der Waals surface area contributed by atoms with E-state index in [2.05, 4.69) is 11.0 Å². The van der Waals surface area contributed by atoms with Crippen LogP contribution in [0.5, 0.6) is 0 Å². The minimum Gasteiger partial charge on any atom is -0.458 e. The Morgan fingerprint density at radius 3 is 2.67 bits per heavy atom. The second-order valence-electron chi connectivity index (χ2n) is 4.43. The second-order valence-corrected chi connectivity index (χ2v) is 4.43. The van der Waals surface area contributed by atoms with Crippen molar-refractivity contribution in [3.63, 3.8) is 0 Å². The molecule has 1 heterocycles. The number of ether oxygens (including phenoxy) is 1. The Morgan fingerprint density at radius 1 is 1.27 bits per heavy atom. The molecule has 1 saturated heterocycles. The fourth-order valence-electron chi connectivity index (χ4n) is 2.47. The molecule has 0 saturated carbocycles. The van der Waals surface area contributed by atoms with Gasteiger partial charge in [-0.2, -0.15) is 0 Å². The molecule has 0 N–H and O–H groups in total. The summed E-state index contributed by atoms with van der Waals surface area (Å²) in [6, 6.07) is 0.495. The summed E-state index contributed by atoms with van der Waals surface area (Å²) in [6.07, 6.45) is 9.15. The van der Waals surface area contributed by atoms with Gasteiger partial charge in [0.15, 0.2) is 0 Å². The molecule has 84 valence electrons. The molecule has 0 aromatic heterocycles.